The highest BCUT2D eigenvalue weighted by Crippen LogP contribution is 2.54. The molecule has 0 amide bonds. The molecule has 2 aliphatic rings. The first-order chi connectivity index (χ1) is 29.8. The van der Waals surface area contributed by atoms with Crippen LogP contribution in [0.2, 0.25) is 0 Å². The molecule has 11 aromatic rings. The van der Waals surface area contributed by atoms with Crippen molar-refractivity contribution in [1.82, 2.24) is 0 Å². The maximum absolute atomic E-state index is 7.29. The Morgan fingerprint density at radius 1 is 0.393 bits per heavy atom. The molecule has 2 nitrogen and oxygen atoms in total. The molecule has 0 saturated carbocycles. The van der Waals surface area contributed by atoms with Crippen LogP contribution in [-0.4, -0.2) is 0 Å². The Balaban J connectivity index is 1.07. The van der Waals surface area contributed by atoms with Crippen molar-refractivity contribution in [2.24, 2.45) is 0 Å². The van der Waals surface area contributed by atoms with Crippen LogP contribution in [0.1, 0.15) is 49.9 Å². The van der Waals surface area contributed by atoms with Gasteiger partial charge >= 0.3 is 0 Å². The molecule has 0 spiro atoms. The first-order valence-corrected chi connectivity index (χ1v) is 22.2. The number of hydrogen-bond acceptors (Lipinski definition) is 3. The van der Waals surface area contributed by atoms with E-state index in [1.807, 2.05) is 11.3 Å². The maximum Gasteiger partial charge on any atom is 0.159 e. The molecule has 0 radical (unpaired) electrons. The summed E-state index contributed by atoms with van der Waals surface area (Å²) in [5.41, 5.74) is 17.8. The Hall–Kier alpha value is -6.94. The van der Waals surface area contributed by atoms with Crippen LogP contribution in [0.4, 0.5) is 17.1 Å². The number of benzene rings is 9. The van der Waals surface area contributed by atoms with E-state index in [2.05, 4.69) is 209 Å². The van der Waals surface area contributed by atoms with Gasteiger partial charge in [0.15, 0.2) is 5.58 Å². The van der Waals surface area contributed by atoms with Crippen molar-refractivity contribution in [1.29, 1.82) is 0 Å². The van der Waals surface area contributed by atoms with Crippen LogP contribution in [0.25, 0.3) is 86.3 Å². The minimum atomic E-state index is -0.146. The molecule has 9 aromatic carbocycles. The largest absolute Gasteiger partial charge is 0.454 e. The molecule has 0 saturated heterocycles. The summed E-state index contributed by atoms with van der Waals surface area (Å²) in [6, 6.07) is 65.4. The van der Waals surface area contributed by atoms with Gasteiger partial charge in [0.25, 0.3) is 0 Å². The molecule has 0 atom stereocenters. The Morgan fingerprint density at radius 3 is 1.61 bits per heavy atom. The van der Waals surface area contributed by atoms with Crippen LogP contribution in [-0.2, 0) is 10.8 Å². The smallest absolute Gasteiger partial charge is 0.159 e. The number of furan rings is 1. The summed E-state index contributed by atoms with van der Waals surface area (Å²) >= 11 is 1.86. The fourth-order valence-electron chi connectivity index (χ4n) is 11.1. The zero-order valence-electron chi connectivity index (χ0n) is 34.5. The molecule has 61 heavy (non-hydrogen) atoms. The molecular formula is C58H41NOS. The first kappa shape index (κ1) is 34.9. The molecule has 3 heteroatoms. The van der Waals surface area contributed by atoms with Crippen molar-refractivity contribution in [3.63, 3.8) is 0 Å². The van der Waals surface area contributed by atoms with Gasteiger partial charge in [-0.15, -0.1) is 11.3 Å². The predicted molar refractivity (Wildman–Crippen MR) is 259 cm³/mol. The van der Waals surface area contributed by atoms with Gasteiger partial charge in [-0.1, -0.05) is 155 Å². The van der Waals surface area contributed by atoms with Gasteiger partial charge in [0.2, 0.25) is 0 Å². The lowest BCUT2D eigenvalue weighted by Crippen LogP contribution is -2.18. The second-order valence-corrected chi connectivity index (χ2v) is 19.1. The van der Waals surface area contributed by atoms with Gasteiger partial charge in [-0.05, 0) is 115 Å². The third-order valence-electron chi connectivity index (χ3n) is 14.1. The van der Waals surface area contributed by atoms with Crippen LogP contribution in [0, 0.1) is 0 Å². The van der Waals surface area contributed by atoms with E-state index in [-0.39, 0.29) is 10.8 Å². The minimum Gasteiger partial charge on any atom is -0.454 e. The Morgan fingerprint density at radius 2 is 0.918 bits per heavy atom. The highest BCUT2D eigenvalue weighted by Gasteiger charge is 2.38. The molecule has 2 aromatic heterocycles. The van der Waals surface area contributed by atoms with Gasteiger partial charge in [0.05, 0.1) is 5.69 Å². The van der Waals surface area contributed by atoms with E-state index < -0.39 is 0 Å². The zero-order valence-corrected chi connectivity index (χ0v) is 35.3. The van der Waals surface area contributed by atoms with E-state index >= 15 is 0 Å². The second kappa shape index (κ2) is 12.3. The zero-order chi connectivity index (χ0) is 40.8. The van der Waals surface area contributed by atoms with Crippen molar-refractivity contribution in [3.8, 4) is 33.4 Å². The fourth-order valence-corrected chi connectivity index (χ4v) is 12.3. The van der Waals surface area contributed by atoms with Crippen molar-refractivity contribution in [2.75, 3.05) is 4.90 Å². The molecular weight excluding hydrogens is 759 g/mol. The van der Waals surface area contributed by atoms with Crippen LogP contribution >= 0.6 is 11.3 Å². The topological polar surface area (TPSA) is 16.4 Å². The summed E-state index contributed by atoms with van der Waals surface area (Å²) in [5, 5.41) is 7.29. The first-order valence-electron chi connectivity index (χ1n) is 21.3. The molecule has 0 N–H and O–H groups in total. The Kier molecular flexibility index (Phi) is 7.04. The Bertz CT molecular complexity index is 3570. The van der Waals surface area contributed by atoms with Gasteiger partial charge in [-0.3, -0.25) is 0 Å². The standard InChI is InChI=1S/C58H41NOS/c1-57(2)46-22-10-7-16-37(46)39-29-27-34(31-48(39)57)59(35-28-30-40-38-17-8-11-23-47(38)58(3,4)49(40)32-35)50-24-13-21-44-54-41-18-6-5-15-36(41)45(33-51(54)60-56(44)50)42-20-14-26-53-55(42)43-19-9-12-25-52(43)61-53/h5-33H,1-4H3. The molecule has 0 aliphatic heterocycles. The number of para-hydroxylation sites is 1. The normalized spacial score (nSPS) is 14.5. The molecule has 0 fully saturated rings. The Labute approximate surface area is 358 Å². The van der Waals surface area contributed by atoms with Gasteiger partial charge in [-0.2, -0.15) is 0 Å². The lowest BCUT2D eigenvalue weighted by Gasteiger charge is -2.29. The number of nitrogens with zero attached hydrogens (tertiary/aromatic N) is 1. The van der Waals surface area contributed by atoms with Crippen LogP contribution < -0.4 is 4.90 Å². The number of rotatable bonds is 4. The highest BCUT2D eigenvalue weighted by molar-refractivity contribution is 7.25. The predicted octanol–water partition coefficient (Wildman–Crippen LogP) is 16.9. The summed E-state index contributed by atoms with van der Waals surface area (Å²) in [4.78, 5) is 2.45. The van der Waals surface area contributed by atoms with Gasteiger partial charge in [-0.25, -0.2) is 0 Å². The monoisotopic (exact) mass is 799 g/mol. The second-order valence-electron chi connectivity index (χ2n) is 18.0. The third-order valence-corrected chi connectivity index (χ3v) is 15.2. The lowest BCUT2D eigenvalue weighted by atomic mass is 9.82. The van der Waals surface area contributed by atoms with Crippen LogP contribution in [0.3, 0.4) is 0 Å². The van der Waals surface area contributed by atoms with Gasteiger partial charge in [0, 0.05) is 53.1 Å². The summed E-state index contributed by atoms with van der Waals surface area (Å²) < 4.78 is 9.89. The number of hydrogen-bond donors (Lipinski definition) is 0. The fraction of sp³-hybridized carbons (Fsp3) is 0.103. The number of anilines is 3. The van der Waals surface area contributed by atoms with Gasteiger partial charge in [0.1, 0.15) is 5.58 Å². The van der Waals surface area contributed by atoms with E-state index in [4.69, 9.17) is 4.42 Å². The SMILES string of the molecule is CC1(C)c2ccccc2-c2ccc(N(c3ccc4c(c3)C(C)(C)c3ccccc3-4)c3cccc4c3oc3cc(-c5cccc6sc7ccccc7c56)c5ccccc5c34)cc21. The summed E-state index contributed by atoms with van der Waals surface area (Å²) in [5.74, 6) is 0. The van der Waals surface area contributed by atoms with Gasteiger partial charge < -0.3 is 9.32 Å². The van der Waals surface area contributed by atoms with E-state index in [1.54, 1.807) is 0 Å². The van der Waals surface area contributed by atoms with E-state index in [1.165, 1.54) is 86.6 Å². The molecule has 0 unspecified atom stereocenters. The molecule has 2 heterocycles. The van der Waals surface area contributed by atoms with Crippen molar-refractivity contribution < 1.29 is 4.42 Å². The van der Waals surface area contributed by atoms with Crippen molar-refractivity contribution in [2.45, 2.75) is 38.5 Å². The lowest BCUT2D eigenvalue weighted by molar-refractivity contribution is 0.659. The van der Waals surface area contributed by atoms with E-state index in [9.17, 15) is 0 Å². The molecule has 13 rings (SSSR count). The summed E-state index contributed by atoms with van der Waals surface area (Å²) in [7, 11) is 0. The average Bonchev–Trinajstić information content (AvgIpc) is 3.99. The van der Waals surface area contributed by atoms with E-state index in [0.717, 1.165) is 39.0 Å². The van der Waals surface area contributed by atoms with Crippen molar-refractivity contribution >= 4 is 81.3 Å². The van der Waals surface area contributed by atoms with Crippen LogP contribution in [0.15, 0.2) is 180 Å². The number of thiophene rings is 1. The number of fused-ring (bicyclic) bond motifs is 14. The summed E-state index contributed by atoms with van der Waals surface area (Å²) in [6.07, 6.45) is 0. The summed E-state index contributed by atoms with van der Waals surface area (Å²) in [6.45, 7) is 9.46. The molecule has 0 bridgehead atoms. The third kappa shape index (κ3) is 4.73. The average molecular weight is 800 g/mol. The quantitative estimate of drug-likeness (QED) is 0.176. The molecule has 2 aliphatic carbocycles. The van der Waals surface area contributed by atoms with Crippen LogP contribution in [0.5, 0.6) is 0 Å². The highest BCUT2D eigenvalue weighted by atomic mass is 32.1. The van der Waals surface area contributed by atoms with E-state index in [0.29, 0.717) is 0 Å². The maximum atomic E-state index is 7.29. The van der Waals surface area contributed by atoms with Crippen molar-refractivity contribution in [3.05, 3.63) is 198 Å². The minimum absolute atomic E-state index is 0.146. The molecule has 290 valence electrons.